The predicted molar refractivity (Wildman–Crippen MR) is 122 cm³/mol. The van der Waals surface area contributed by atoms with E-state index in [2.05, 4.69) is 62.6 Å². The summed E-state index contributed by atoms with van der Waals surface area (Å²) in [6, 6.07) is 14.6. The van der Waals surface area contributed by atoms with Crippen LogP contribution in [0.5, 0.6) is 5.75 Å². The van der Waals surface area contributed by atoms with E-state index in [1.54, 1.807) is 7.11 Å². The molecule has 0 N–H and O–H groups in total. The summed E-state index contributed by atoms with van der Waals surface area (Å²) in [5.41, 5.74) is 5.50. The molecule has 2 aromatic carbocycles. The molecule has 1 heteroatoms. The van der Waals surface area contributed by atoms with E-state index in [9.17, 15) is 0 Å². The Kier molecular flexibility index (Phi) is 8.89. The molecule has 2 rings (SSSR count). The van der Waals surface area contributed by atoms with Crippen LogP contribution in [0.1, 0.15) is 75.1 Å². The molecule has 0 bridgehead atoms. The molecule has 0 saturated carbocycles. The average molecular weight is 375 g/mol. The fraction of sp³-hybridized carbons (Fsp3) is 0.407. The molecule has 0 fully saturated rings. The summed E-state index contributed by atoms with van der Waals surface area (Å²) in [6.45, 7) is 10.6. The Hall–Kier alpha value is -2.46. The van der Waals surface area contributed by atoms with E-state index in [4.69, 9.17) is 4.74 Å². The number of aryl methyl sites for hydroxylation is 1. The summed E-state index contributed by atoms with van der Waals surface area (Å²) in [4.78, 5) is 0. The van der Waals surface area contributed by atoms with Crippen LogP contribution in [-0.2, 0) is 6.42 Å². The number of hydrogen-bond donors (Lipinski definition) is 0. The van der Waals surface area contributed by atoms with Crippen LogP contribution in [0.4, 0.5) is 0 Å². The van der Waals surface area contributed by atoms with Gasteiger partial charge in [0.2, 0.25) is 0 Å². The Morgan fingerprint density at radius 2 is 1.68 bits per heavy atom. The number of benzene rings is 2. The molecule has 0 spiro atoms. The van der Waals surface area contributed by atoms with Crippen LogP contribution < -0.4 is 4.74 Å². The number of hydrogen-bond acceptors (Lipinski definition) is 1. The van der Waals surface area contributed by atoms with Crippen molar-refractivity contribution in [2.24, 2.45) is 5.92 Å². The topological polar surface area (TPSA) is 9.23 Å². The van der Waals surface area contributed by atoms with E-state index in [1.165, 1.54) is 37.7 Å². The highest BCUT2D eigenvalue weighted by molar-refractivity contribution is 5.62. The first-order chi connectivity index (χ1) is 13.6. The molecule has 0 aromatic heterocycles. The second-order valence-electron chi connectivity index (χ2n) is 7.59. The number of rotatable bonds is 9. The molecule has 0 radical (unpaired) electrons. The normalized spacial score (nSPS) is 11.4. The van der Waals surface area contributed by atoms with Crippen LogP contribution >= 0.6 is 0 Å². The second-order valence-corrected chi connectivity index (χ2v) is 7.59. The van der Waals surface area contributed by atoms with Crippen LogP contribution in [0.25, 0.3) is 5.57 Å². The molecule has 0 saturated heterocycles. The van der Waals surface area contributed by atoms with E-state index in [1.807, 2.05) is 19.1 Å². The lowest BCUT2D eigenvalue weighted by molar-refractivity contribution is 0.400. The van der Waals surface area contributed by atoms with Crippen molar-refractivity contribution in [1.29, 1.82) is 0 Å². The lowest BCUT2D eigenvalue weighted by Gasteiger charge is -2.14. The van der Waals surface area contributed by atoms with Gasteiger partial charge >= 0.3 is 0 Å². The van der Waals surface area contributed by atoms with E-state index in [-0.39, 0.29) is 0 Å². The van der Waals surface area contributed by atoms with Crippen LogP contribution in [-0.4, -0.2) is 7.11 Å². The highest BCUT2D eigenvalue weighted by atomic mass is 16.5. The van der Waals surface area contributed by atoms with Crippen LogP contribution in [0.15, 0.2) is 49.0 Å². The van der Waals surface area contributed by atoms with Crippen LogP contribution in [0.2, 0.25) is 0 Å². The molecule has 28 heavy (non-hydrogen) atoms. The Labute approximate surface area is 171 Å². The lowest BCUT2D eigenvalue weighted by atomic mass is 9.93. The van der Waals surface area contributed by atoms with E-state index in [0.717, 1.165) is 40.4 Å². The van der Waals surface area contributed by atoms with Gasteiger partial charge in [-0.05, 0) is 61.1 Å². The summed E-state index contributed by atoms with van der Waals surface area (Å²) in [5.74, 6) is 8.31. The summed E-state index contributed by atoms with van der Waals surface area (Å²) in [5, 5.41) is 0. The molecule has 1 atom stereocenters. The van der Waals surface area contributed by atoms with E-state index < -0.39 is 0 Å². The van der Waals surface area contributed by atoms with Gasteiger partial charge in [0, 0.05) is 11.1 Å². The fourth-order valence-corrected chi connectivity index (χ4v) is 3.55. The van der Waals surface area contributed by atoms with Crippen LogP contribution in [0, 0.1) is 17.8 Å². The Bertz CT molecular complexity index is 818. The van der Waals surface area contributed by atoms with E-state index in [0.29, 0.717) is 0 Å². The standard InChI is InChI=1S/C27H34O/c1-6-9-22(7-2)10-8-11-26-19-16-24(20-27(26)28-5)13-12-23-14-17-25(18-15-23)21(3)4/h14-20,22H,3,6-11H2,1-2,4-5H3. The van der Waals surface area contributed by atoms with Gasteiger partial charge in [-0.15, -0.1) is 0 Å². The summed E-state index contributed by atoms with van der Waals surface area (Å²) in [7, 11) is 1.75. The van der Waals surface area contributed by atoms with Gasteiger partial charge in [-0.3, -0.25) is 0 Å². The zero-order chi connectivity index (χ0) is 20.4. The third-order valence-electron chi connectivity index (χ3n) is 5.35. The zero-order valence-electron chi connectivity index (χ0n) is 18.0. The Balaban J connectivity index is 2.03. The molecule has 0 aliphatic heterocycles. The van der Waals surface area contributed by atoms with Crippen molar-refractivity contribution < 1.29 is 4.74 Å². The summed E-state index contributed by atoms with van der Waals surface area (Å²) >= 11 is 0. The number of allylic oxidation sites excluding steroid dienone is 1. The minimum atomic E-state index is 0.859. The number of methoxy groups -OCH3 is 1. The SMILES string of the molecule is C=C(C)c1ccc(C#Cc2ccc(CCCC(CC)CCC)c(OC)c2)cc1. The molecule has 0 aliphatic carbocycles. The van der Waals surface area contributed by atoms with E-state index >= 15 is 0 Å². The quantitative estimate of drug-likeness (QED) is 0.419. The van der Waals surface area contributed by atoms with Crippen molar-refractivity contribution in [3.63, 3.8) is 0 Å². The Morgan fingerprint density at radius 3 is 2.29 bits per heavy atom. The molecular formula is C27H34O. The predicted octanol–water partition coefficient (Wildman–Crippen LogP) is 7.28. The molecule has 148 valence electrons. The van der Waals surface area contributed by atoms with Crippen molar-refractivity contribution >= 4 is 5.57 Å². The minimum Gasteiger partial charge on any atom is -0.496 e. The molecule has 0 aliphatic rings. The maximum atomic E-state index is 5.63. The molecular weight excluding hydrogens is 340 g/mol. The largest absolute Gasteiger partial charge is 0.496 e. The second kappa shape index (κ2) is 11.4. The monoisotopic (exact) mass is 374 g/mol. The average Bonchev–Trinajstić information content (AvgIpc) is 2.72. The number of ether oxygens (including phenoxy) is 1. The summed E-state index contributed by atoms with van der Waals surface area (Å²) < 4.78 is 5.63. The zero-order valence-corrected chi connectivity index (χ0v) is 18.0. The van der Waals surface area contributed by atoms with Gasteiger partial charge in [-0.1, -0.05) is 81.7 Å². The van der Waals surface area contributed by atoms with Gasteiger partial charge in [0.1, 0.15) is 5.75 Å². The van der Waals surface area contributed by atoms with Gasteiger partial charge in [-0.25, -0.2) is 0 Å². The molecule has 2 aromatic rings. The third kappa shape index (κ3) is 6.61. The summed E-state index contributed by atoms with van der Waals surface area (Å²) in [6.07, 6.45) is 7.50. The first-order valence-corrected chi connectivity index (χ1v) is 10.5. The van der Waals surface area contributed by atoms with Crippen molar-refractivity contribution in [1.82, 2.24) is 0 Å². The van der Waals surface area contributed by atoms with Crippen molar-refractivity contribution in [3.05, 3.63) is 71.3 Å². The van der Waals surface area contributed by atoms with Gasteiger partial charge in [-0.2, -0.15) is 0 Å². The van der Waals surface area contributed by atoms with Crippen molar-refractivity contribution in [2.45, 2.75) is 59.3 Å². The smallest absolute Gasteiger partial charge is 0.123 e. The van der Waals surface area contributed by atoms with Crippen molar-refractivity contribution in [3.8, 4) is 17.6 Å². The Morgan fingerprint density at radius 1 is 1.00 bits per heavy atom. The molecule has 0 heterocycles. The van der Waals surface area contributed by atoms with Gasteiger partial charge in [0.05, 0.1) is 7.11 Å². The highest BCUT2D eigenvalue weighted by Crippen LogP contribution is 2.24. The van der Waals surface area contributed by atoms with Gasteiger partial charge in [0.15, 0.2) is 0 Å². The molecule has 1 unspecified atom stereocenters. The van der Waals surface area contributed by atoms with Crippen LogP contribution in [0.3, 0.4) is 0 Å². The third-order valence-corrected chi connectivity index (χ3v) is 5.35. The first-order valence-electron chi connectivity index (χ1n) is 10.5. The maximum absolute atomic E-state index is 5.63. The minimum absolute atomic E-state index is 0.859. The lowest BCUT2D eigenvalue weighted by Crippen LogP contribution is -2.00. The van der Waals surface area contributed by atoms with Gasteiger partial charge in [0.25, 0.3) is 0 Å². The van der Waals surface area contributed by atoms with Crippen molar-refractivity contribution in [2.75, 3.05) is 7.11 Å². The van der Waals surface area contributed by atoms with Gasteiger partial charge < -0.3 is 4.74 Å². The molecule has 0 amide bonds. The molecule has 1 nitrogen and oxygen atoms in total. The fourth-order valence-electron chi connectivity index (χ4n) is 3.55. The first kappa shape index (κ1) is 21.8. The maximum Gasteiger partial charge on any atom is 0.123 e. The highest BCUT2D eigenvalue weighted by Gasteiger charge is 2.08.